The predicted octanol–water partition coefficient (Wildman–Crippen LogP) is 0.0609. The molecule has 0 aromatic heterocycles. The van der Waals surface area contributed by atoms with Gasteiger partial charge in [-0.05, 0) is 26.3 Å². The SMILES string of the molecule is CCOC(=O)C(=O)C[C@H](O)[C@H]1OC(C)(C)O[C@@H]1[C@H](O)CN=[N+]=[N-]. The highest BCUT2D eigenvalue weighted by Crippen LogP contribution is 2.32. The molecule has 1 saturated heterocycles. The predicted molar refractivity (Wildman–Crippen MR) is 76.1 cm³/mol. The largest absolute Gasteiger partial charge is 0.460 e. The zero-order chi connectivity index (χ0) is 17.6. The Hall–Kier alpha value is -1.71. The second-order valence-electron chi connectivity index (χ2n) is 5.46. The maximum Gasteiger partial charge on any atom is 0.374 e. The van der Waals surface area contributed by atoms with E-state index in [1.165, 1.54) is 0 Å². The van der Waals surface area contributed by atoms with E-state index in [2.05, 4.69) is 14.8 Å². The van der Waals surface area contributed by atoms with Gasteiger partial charge in [-0.25, -0.2) is 4.79 Å². The van der Waals surface area contributed by atoms with Crippen molar-refractivity contribution >= 4 is 11.8 Å². The Balaban J connectivity index is 2.78. The van der Waals surface area contributed by atoms with Gasteiger partial charge in [0.15, 0.2) is 5.79 Å². The standard InChI is InChI=1S/C13H21N3O7/c1-4-21-12(20)8(18)5-7(17)10-11(9(19)6-15-16-14)23-13(2,3)22-10/h7,9-11,17,19H,4-6H2,1-3H3/t7-,9+,10+,11+/m0/s1. The number of carbonyl (C=O) groups excluding carboxylic acids is 2. The lowest BCUT2D eigenvalue weighted by molar-refractivity contribution is -0.163. The van der Waals surface area contributed by atoms with Crippen molar-refractivity contribution in [1.29, 1.82) is 0 Å². The van der Waals surface area contributed by atoms with Gasteiger partial charge < -0.3 is 24.4 Å². The molecule has 0 saturated carbocycles. The van der Waals surface area contributed by atoms with Crippen molar-refractivity contribution in [2.45, 2.75) is 57.4 Å². The van der Waals surface area contributed by atoms with Gasteiger partial charge in [0.2, 0.25) is 5.78 Å². The van der Waals surface area contributed by atoms with E-state index in [9.17, 15) is 19.8 Å². The van der Waals surface area contributed by atoms with Crippen LogP contribution in [0, 0.1) is 0 Å². The molecule has 1 rings (SSSR count). The van der Waals surface area contributed by atoms with Crippen molar-refractivity contribution < 1.29 is 34.0 Å². The number of azide groups is 1. The molecule has 0 aromatic carbocycles. The smallest absolute Gasteiger partial charge is 0.374 e. The van der Waals surface area contributed by atoms with Crippen LogP contribution in [-0.2, 0) is 23.8 Å². The van der Waals surface area contributed by atoms with Crippen LogP contribution >= 0.6 is 0 Å². The first-order valence-corrected chi connectivity index (χ1v) is 7.14. The van der Waals surface area contributed by atoms with E-state index >= 15 is 0 Å². The van der Waals surface area contributed by atoms with Gasteiger partial charge >= 0.3 is 5.97 Å². The monoisotopic (exact) mass is 331 g/mol. The first kappa shape index (κ1) is 19.3. The van der Waals surface area contributed by atoms with E-state index < -0.39 is 48.4 Å². The summed E-state index contributed by atoms with van der Waals surface area (Å²) in [4.78, 5) is 25.5. The summed E-state index contributed by atoms with van der Waals surface area (Å²) in [6, 6.07) is 0. The van der Waals surface area contributed by atoms with Crippen molar-refractivity contribution in [2.75, 3.05) is 13.2 Å². The van der Waals surface area contributed by atoms with Gasteiger partial charge in [-0.3, -0.25) is 4.79 Å². The molecule has 4 atom stereocenters. The number of ketones is 1. The van der Waals surface area contributed by atoms with E-state index in [0.717, 1.165) is 0 Å². The van der Waals surface area contributed by atoms with Gasteiger partial charge in [0, 0.05) is 11.3 Å². The highest BCUT2D eigenvalue weighted by atomic mass is 16.8. The highest BCUT2D eigenvalue weighted by Gasteiger charge is 2.48. The van der Waals surface area contributed by atoms with Crippen molar-refractivity contribution in [3.05, 3.63) is 10.4 Å². The Morgan fingerprint density at radius 1 is 1.30 bits per heavy atom. The number of Topliss-reactive ketones (excluding diaryl/α,β-unsaturated/α-hetero) is 1. The Morgan fingerprint density at radius 3 is 2.39 bits per heavy atom. The summed E-state index contributed by atoms with van der Waals surface area (Å²) in [5.41, 5.74) is 8.30. The van der Waals surface area contributed by atoms with Crippen LogP contribution in [0.2, 0.25) is 0 Å². The van der Waals surface area contributed by atoms with Gasteiger partial charge in [-0.2, -0.15) is 0 Å². The molecule has 0 amide bonds. The summed E-state index contributed by atoms with van der Waals surface area (Å²) in [6.07, 6.45) is -5.23. The third kappa shape index (κ3) is 5.45. The third-order valence-corrected chi connectivity index (χ3v) is 3.15. The van der Waals surface area contributed by atoms with Crippen LogP contribution in [0.25, 0.3) is 10.4 Å². The number of carbonyl (C=O) groups is 2. The maximum atomic E-state index is 11.7. The minimum atomic E-state index is -1.39. The molecule has 10 nitrogen and oxygen atoms in total. The Bertz CT molecular complexity index is 490. The van der Waals surface area contributed by atoms with Gasteiger partial charge in [0.1, 0.15) is 12.2 Å². The number of esters is 1. The zero-order valence-corrected chi connectivity index (χ0v) is 13.2. The van der Waals surface area contributed by atoms with Crippen LogP contribution in [-0.4, -0.2) is 65.3 Å². The highest BCUT2D eigenvalue weighted by molar-refractivity contribution is 6.33. The summed E-state index contributed by atoms with van der Waals surface area (Å²) in [7, 11) is 0. The lowest BCUT2D eigenvalue weighted by Gasteiger charge is -2.24. The number of rotatable bonds is 8. The van der Waals surface area contributed by atoms with Crippen LogP contribution in [0.4, 0.5) is 0 Å². The van der Waals surface area contributed by atoms with E-state index in [1.807, 2.05) is 0 Å². The fourth-order valence-corrected chi connectivity index (χ4v) is 2.24. The molecular formula is C13H21N3O7. The molecule has 1 aliphatic rings. The average Bonchev–Trinajstić information content (AvgIpc) is 2.81. The number of hydrogen-bond acceptors (Lipinski definition) is 8. The third-order valence-electron chi connectivity index (χ3n) is 3.15. The van der Waals surface area contributed by atoms with E-state index in [4.69, 9.17) is 15.0 Å². The number of aliphatic hydroxyl groups excluding tert-OH is 2. The summed E-state index contributed by atoms with van der Waals surface area (Å²) >= 11 is 0. The number of hydrogen-bond donors (Lipinski definition) is 2. The number of ether oxygens (including phenoxy) is 3. The Morgan fingerprint density at radius 2 is 1.87 bits per heavy atom. The van der Waals surface area contributed by atoms with Crippen LogP contribution in [0.3, 0.4) is 0 Å². The molecule has 1 heterocycles. The molecule has 10 heteroatoms. The molecule has 1 aliphatic heterocycles. The first-order chi connectivity index (χ1) is 10.7. The minimum Gasteiger partial charge on any atom is -0.460 e. The minimum absolute atomic E-state index is 0.0459. The lowest BCUT2D eigenvalue weighted by atomic mass is 9.99. The molecule has 0 aliphatic carbocycles. The molecule has 1 fully saturated rings. The molecule has 2 N–H and O–H groups in total. The summed E-state index contributed by atoms with van der Waals surface area (Å²) in [5.74, 6) is -3.06. The summed E-state index contributed by atoms with van der Waals surface area (Å²) < 4.78 is 15.5. The maximum absolute atomic E-state index is 11.7. The van der Waals surface area contributed by atoms with Crippen LogP contribution in [0.1, 0.15) is 27.2 Å². The molecule has 23 heavy (non-hydrogen) atoms. The van der Waals surface area contributed by atoms with E-state index in [0.29, 0.717) is 0 Å². The van der Waals surface area contributed by atoms with Crippen molar-refractivity contribution in [1.82, 2.24) is 0 Å². The van der Waals surface area contributed by atoms with Gasteiger partial charge in [-0.15, -0.1) is 0 Å². The molecule has 0 spiro atoms. The van der Waals surface area contributed by atoms with Crippen molar-refractivity contribution in [2.24, 2.45) is 5.11 Å². The molecule has 0 radical (unpaired) electrons. The van der Waals surface area contributed by atoms with Gasteiger partial charge in [-0.1, -0.05) is 5.11 Å². The molecule has 130 valence electrons. The van der Waals surface area contributed by atoms with Gasteiger partial charge in [0.25, 0.3) is 0 Å². The topological polar surface area (TPSA) is 151 Å². The van der Waals surface area contributed by atoms with E-state index in [1.54, 1.807) is 20.8 Å². The van der Waals surface area contributed by atoms with Crippen molar-refractivity contribution in [3.63, 3.8) is 0 Å². The number of nitrogens with zero attached hydrogens (tertiary/aromatic N) is 3. The first-order valence-electron chi connectivity index (χ1n) is 7.14. The molecule has 0 unspecified atom stereocenters. The van der Waals surface area contributed by atoms with Gasteiger partial charge in [0.05, 0.1) is 25.4 Å². The van der Waals surface area contributed by atoms with Crippen molar-refractivity contribution in [3.8, 4) is 0 Å². The van der Waals surface area contributed by atoms with Crippen LogP contribution in [0.5, 0.6) is 0 Å². The van der Waals surface area contributed by atoms with Crippen LogP contribution < -0.4 is 0 Å². The quantitative estimate of drug-likeness (QED) is 0.210. The van der Waals surface area contributed by atoms with E-state index in [-0.39, 0.29) is 13.2 Å². The normalized spacial score (nSPS) is 25.3. The zero-order valence-electron chi connectivity index (χ0n) is 13.2. The lowest BCUT2D eigenvalue weighted by Crippen LogP contribution is -2.44. The van der Waals surface area contributed by atoms with Crippen LogP contribution in [0.15, 0.2) is 5.11 Å². The molecule has 0 aromatic rings. The summed E-state index contributed by atoms with van der Waals surface area (Å²) in [6.45, 7) is 4.46. The number of aliphatic hydroxyl groups is 2. The average molecular weight is 331 g/mol. The molecular weight excluding hydrogens is 310 g/mol. The second-order valence-corrected chi connectivity index (χ2v) is 5.46. The second kappa shape index (κ2) is 8.23. The fourth-order valence-electron chi connectivity index (χ4n) is 2.24. The molecule has 0 bridgehead atoms. The Kier molecular flexibility index (Phi) is 6.92. The fraction of sp³-hybridized carbons (Fsp3) is 0.846. The summed E-state index contributed by atoms with van der Waals surface area (Å²) in [5, 5.41) is 23.4. The Labute approximate surface area is 132 Å².